The van der Waals surface area contributed by atoms with Gasteiger partial charge in [-0.15, -0.1) is 0 Å². The average Bonchev–Trinajstić information content (AvgIpc) is 2.85. The molecule has 1 saturated heterocycles. The van der Waals surface area contributed by atoms with Crippen LogP contribution < -0.4 is 0 Å². The van der Waals surface area contributed by atoms with Crippen molar-refractivity contribution in [2.24, 2.45) is 0 Å². The Bertz CT molecular complexity index is 326. The number of fused-ring (bicyclic) bond motifs is 1. The maximum absolute atomic E-state index is 5.79. The molecule has 0 spiro atoms. The Morgan fingerprint density at radius 1 is 1.14 bits per heavy atom. The van der Waals surface area contributed by atoms with E-state index in [0.717, 1.165) is 6.61 Å². The SMILES string of the molecule is c1ccc2c(c1)CC[C@@H]2C1CCCO1. The molecule has 0 saturated carbocycles. The highest BCUT2D eigenvalue weighted by atomic mass is 16.5. The zero-order valence-corrected chi connectivity index (χ0v) is 8.41. The summed E-state index contributed by atoms with van der Waals surface area (Å²) in [4.78, 5) is 0. The molecule has 3 rings (SSSR count). The zero-order chi connectivity index (χ0) is 9.38. The lowest BCUT2D eigenvalue weighted by atomic mass is 9.94. The third kappa shape index (κ3) is 1.27. The van der Waals surface area contributed by atoms with Crippen LogP contribution in [0.15, 0.2) is 24.3 Å². The van der Waals surface area contributed by atoms with E-state index < -0.39 is 0 Å². The van der Waals surface area contributed by atoms with Gasteiger partial charge >= 0.3 is 0 Å². The van der Waals surface area contributed by atoms with E-state index in [9.17, 15) is 0 Å². The van der Waals surface area contributed by atoms with E-state index in [0.29, 0.717) is 12.0 Å². The second-order valence-electron chi connectivity index (χ2n) is 4.40. The Morgan fingerprint density at radius 3 is 2.93 bits per heavy atom. The Labute approximate surface area is 85.1 Å². The van der Waals surface area contributed by atoms with Crippen LogP contribution in [0, 0.1) is 0 Å². The van der Waals surface area contributed by atoms with Crippen LogP contribution in [0.3, 0.4) is 0 Å². The predicted molar refractivity (Wildman–Crippen MR) is 56.5 cm³/mol. The fourth-order valence-corrected chi connectivity index (χ4v) is 2.90. The predicted octanol–water partition coefficient (Wildman–Crippen LogP) is 2.90. The molecular weight excluding hydrogens is 172 g/mol. The van der Waals surface area contributed by atoms with E-state index >= 15 is 0 Å². The highest BCUT2D eigenvalue weighted by Gasteiger charge is 2.31. The molecule has 0 N–H and O–H groups in total. The van der Waals surface area contributed by atoms with Crippen LogP contribution in [0.2, 0.25) is 0 Å². The summed E-state index contributed by atoms with van der Waals surface area (Å²) in [6, 6.07) is 8.86. The Balaban J connectivity index is 1.89. The summed E-state index contributed by atoms with van der Waals surface area (Å²) in [7, 11) is 0. The van der Waals surface area contributed by atoms with E-state index in [2.05, 4.69) is 24.3 Å². The molecule has 0 radical (unpaired) electrons. The van der Waals surface area contributed by atoms with Crippen LogP contribution in [0.4, 0.5) is 0 Å². The molecule has 0 bridgehead atoms. The number of hydrogen-bond acceptors (Lipinski definition) is 1. The number of rotatable bonds is 1. The molecule has 2 aliphatic rings. The first-order chi connectivity index (χ1) is 6.95. The van der Waals surface area contributed by atoms with E-state index in [4.69, 9.17) is 4.74 Å². The van der Waals surface area contributed by atoms with Crippen LogP contribution in [-0.4, -0.2) is 12.7 Å². The molecule has 1 unspecified atom stereocenters. The lowest BCUT2D eigenvalue weighted by Gasteiger charge is -2.18. The van der Waals surface area contributed by atoms with Gasteiger partial charge in [0.15, 0.2) is 0 Å². The smallest absolute Gasteiger partial charge is 0.0644 e. The van der Waals surface area contributed by atoms with Crippen LogP contribution >= 0.6 is 0 Å². The van der Waals surface area contributed by atoms with Gasteiger partial charge in [-0.1, -0.05) is 24.3 Å². The van der Waals surface area contributed by atoms with Gasteiger partial charge < -0.3 is 4.74 Å². The van der Waals surface area contributed by atoms with Crippen molar-refractivity contribution in [3.05, 3.63) is 35.4 Å². The van der Waals surface area contributed by atoms with Crippen molar-refractivity contribution in [3.8, 4) is 0 Å². The topological polar surface area (TPSA) is 9.23 Å². The third-order valence-electron chi connectivity index (χ3n) is 3.59. The second-order valence-corrected chi connectivity index (χ2v) is 4.40. The first-order valence-electron chi connectivity index (χ1n) is 5.64. The largest absolute Gasteiger partial charge is 0.378 e. The summed E-state index contributed by atoms with van der Waals surface area (Å²) in [6.45, 7) is 0.976. The van der Waals surface area contributed by atoms with E-state index in [1.165, 1.54) is 25.7 Å². The molecule has 1 heterocycles. The molecule has 1 aromatic rings. The maximum Gasteiger partial charge on any atom is 0.0644 e. The molecule has 0 amide bonds. The minimum Gasteiger partial charge on any atom is -0.378 e. The fourth-order valence-electron chi connectivity index (χ4n) is 2.90. The Kier molecular flexibility index (Phi) is 2.06. The van der Waals surface area contributed by atoms with Gasteiger partial charge in [0.05, 0.1) is 6.10 Å². The highest BCUT2D eigenvalue weighted by Crippen LogP contribution is 2.39. The molecule has 74 valence electrons. The molecule has 14 heavy (non-hydrogen) atoms. The van der Waals surface area contributed by atoms with Crippen LogP contribution in [-0.2, 0) is 11.2 Å². The van der Waals surface area contributed by atoms with E-state index in [1.54, 1.807) is 11.1 Å². The summed E-state index contributed by atoms with van der Waals surface area (Å²) >= 11 is 0. The van der Waals surface area contributed by atoms with Gasteiger partial charge in [0.25, 0.3) is 0 Å². The van der Waals surface area contributed by atoms with Gasteiger partial charge in [-0.25, -0.2) is 0 Å². The van der Waals surface area contributed by atoms with Crippen molar-refractivity contribution in [1.29, 1.82) is 0 Å². The summed E-state index contributed by atoms with van der Waals surface area (Å²) in [5.74, 6) is 0.689. The van der Waals surface area contributed by atoms with Gasteiger partial charge in [-0.3, -0.25) is 0 Å². The average molecular weight is 188 g/mol. The minimum absolute atomic E-state index is 0.513. The summed E-state index contributed by atoms with van der Waals surface area (Å²) in [6.07, 6.45) is 5.58. The normalized spacial score (nSPS) is 30.6. The van der Waals surface area contributed by atoms with Crippen molar-refractivity contribution < 1.29 is 4.74 Å². The maximum atomic E-state index is 5.79. The van der Waals surface area contributed by atoms with Gasteiger partial charge in [0.1, 0.15) is 0 Å². The fraction of sp³-hybridized carbons (Fsp3) is 0.538. The molecule has 1 fully saturated rings. The van der Waals surface area contributed by atoms with Gasteiger partial charge in [0, 0.05) is 12.5 Å². The van der Waals surface area contributed by atoms with Crippen LogP contribution in [0.1, 0.15) is 36.3 Å². The lowest BCUT2D eigenvalue weighted by Crippen LogP contribution is -2.14. The van der Waals surface area contributed by atoms with Crippen LogP contribution in [0.5, 0.6) is 0 Å². The number of benzene rings is 1. The van der Waals surface area contributed by atoms with Gasteiger partial charge in [-0.05, 0) is 36.8 Å². The summed E-state index contributed by atoms with van der Waals surface area (Å²) in [5.41, 5.74) is 3.10. The molecular formula is C13H16O. The molecule has 1 nitrogen and oxygen atoms in total. The van der Waals surface area contributed by atoms with Crippen molar-refractivity contribution in [1.82, 2.24) is 0 Å². The van der Waals surface area contributed by atoms with Gasteiger partial charge in [0.2, 0.25) is 0 Å². The highest BCUT2D eigenvalue weighted by molar-refractivity contribution is 5.35. The van der Waals surface area contributed by atoms with E-state index in [-0.39, 0.29) is 0 Å². The van der Waals surface area contributed by atoms with Crippen molar-refractivity contribution in [2.45, 2.75) is 37.7 Å². The minimum atomic E-state index is 0.513. The van der Waals surface area contributed by atoms with Crippen LogP contribution in [0.25, 0.3) is 0 Å². The summed E-state index contributed by atoms with van der Waals surface area (Å²) < 4.78 is 5.79. The Hall–Kier alpha value is -0.820. The van der Waals surface area contributed by atoms with Gasteiger partial charge in [-0.2, -0.15) is 0 Å². The van der Waals surface area contributed by atoms with Crippen molar-refractivity contribution in [2.75, 3.05) is 6.61 Å². The number of ether oxygens (including phenoxy) is 1. The third-order valence-corrected chi connectivity index (χ3v) is 3.59. The molecule has 1 aliphatic heterocycles. The first kappa shape index (κ1) is 8.49. The van der Waals surface area contributed by atoms with Crippen molar-refractivity contribution in [3.63, 3.8) is 0 Å². The molecule has 1 aromatic carbocycles. The number of hydrogen-bond donors (Lipinski definition) is 0. The molecule has 2 atom stereocenters. The number of aryl methyl sites for hydroxylation is 1. The Morgan fingerprint density at radius 2 is 2.07 bits per heavy atom. The standard InChI is InChI=1S/C13H16O/c1-2-5-11-10(4-1)7-8-12(11)13-6-3-9-14-13/h1-2,4-5,12-13H,3,6-9H2/t12-,13?/m0/s1. The molecule has 1 aliphatic carbocycles. The molecule has 1 heteroatoms. The lowest BCUT2D eigenvalue weighted by molar-refractivity contribution is 0.0888. The second kappa shape index (κ2) is 3.39. The summed E-state index contributed by atoms with van der Waals surface area (Å²) in [5, 5.41) is 0. The monoisotopic (exact) mass is 188 g/mol. The zero-order valence-electron chi connectivity index (χ0n) is 8.41. The quantitative estimate of drug-likeness (QED) is 0.658. The first-order valence-corrected chi connectivity index (χ1v) is 5.64. The van der Waals surface area contributed by atoms with E-state index in [1.807, 2.05) is 0 Å². The van der Waals surface area contributed by atoms with Crippen molar-refractivity contribution >= 4 is 0 Å². The molecule has 0 aromatic heterocycles.